The SMILES string of the molecule is CCCCS(=O)(=O)Nc1ccc(Nc2nc(-c3ccncc3)cs2)cc1. The van der Waals surface area contributed by atoms with Gasteiger partial charge >= 0.3 is 0 Å². The summed E-state index contributed by atoms with van der Waals surface area (Å²) in [4.78, 5) is 8.57. The summed E-state index contributed by atoms with van der Waals surface area (Å²) in [5.74, 6) is 0.139. The largest absolute Gasteiger partial charge is 0.332 e. The molecule has 0 saturated heterocycles. The van der Waals surface area contributed by atoms with E-state index in [-0.39, 0.29) is 5.75 Å². The van der Waals surface area contributed by atoms with Gasteiger partial charge in [0.05, 0.1) is 11.4 Å². The van der Waals surface area contributed by atoms with E-state index in [1.165, 1.54) is 11.3 Å². The van der Waals surface area contributed by atoms with Crippen LogP contribution in [0.4, 0.5) is 16.5 Å². The Morgan fingerprint density at radius 2 is 1.73 bits per heavy atom. The summed E-state index contributed by atoms with van der Waals surface area (Å²) in [6.07, 6.45) is 4.97. The average Bonchev–Trinajstić information content (AvgIpc) is 3.11. The van der Waals surface area contributed by atoms with Crippen molar-refractivity contribution in [2.24, 2.45) is 0 Å². The van der Waals surface area contributed by atoms with E-state index in [0.29, 0.717) is 12.1 Å². The molecule has 0 saturated carbocycles. The third-order valence-electron chi connectivity index (χ3n) is 3.66. The Kier molecular flexibility index (Phi) is 5.85. The number of thiazole rings is 1. The first-order chi connectivity index (χ1) is 12.6. The molecule has 0 aliphatic heterocycles. The van der Waals surface area contributed by atoms with Gasteiger partial charge in [0.15, 0.2) is 5.13 Å². The Balaban J connectivity index is 1.64. The zero-order chi connectivity index (χ0) is 18.4. The summed E-state index contributed by atoms with van der Waals surface area (Å²) in [7, 11) is -3.28. The molecule has 26 heavy (non-hydrogen) atoms. The van der Waals surface area contributed by atoms with E-state index >= 15 is 0 Å². The molecule has 8 heteroatoms. The molecular weight excluding hydrogens is 368 g/mol. The molecule has 0 atom stereocenters. The highest BCUT2D eigenvalue weighted by Crippen LogP contribution is 2.27. The lowest BCUT2D eigenvalue weighted by molar-refractivity contribution is 0.598. The molecule has 3 aromatic rings. The molecule has 3 rings (SSSR count). The third-order valence-corrected chi connectivity index (χ3v) is 5.79. The van der Waals surface area contributed by atoms with E-state index in [1.54, 1.807) is 24.5 Å². The molecule has 0 aliphatic carbocycles. The summed E-state index contributed by atoms with van der Waals surface area (Å²) in [5, 5.41) is 5.98. The van der Waals surface area contributed by atoms with Crippen LogP contribution >= 0.6 is 11.3 Å². The number of sulfonamides is 1. The van der Waals surface area contributed by atoms with Crippen molar-refractivity contribution < 1.29 is 8.42 Å². The Morgan fingerprint density at radius 1 is 1.04 bits per heavy atom. The second-order valence-corrected chi connectivity index (χ2v) is 8.45. The summed E-state index contributed by atoms with van der Waals surface area (Å²) in [5.41, 5.74) is 3.31. The normalized spacial score (nSPS) is 11.3. The second-order valence-electron chi connectivity index (χ2n) is 5.75. The fourth-order valence-electron chi connectivity index (χ4n) is 2.30. The summed E-state index contributed by atoms with van der Waals surface area (Å²) in [6.45, 7) is 1.97. The first-order valence-electron chi connectivity index (χ1n) is 8.29. The average molecular weight is 389 g/mol. The predicted octanol–water partition coefficient (Wildman–Crippen LogP) is 4.49. The lowest BCUT2D eigenvalue weighted by Crippen LogP contribution is -2.16. The first-order valence-corrected chi connectivity index (χ1v) is 10.8. The number of aromatic nitrogens is 2. The maximum absolute atomic E-state index is 11.9. The van der Waals surface area contributed by atoms with Crippen LogP contribution in [0.3, 0.4) is 0 Å². The molecule has 2 N–H and O–H groups in total. The summed E-state index contributed by atoms with van der Waals surface area (Å²) in [6, 6.07) is 11.0. The van der Waals surface area contributed by atoms with Gasteiger partial charge in [0.1, 0.15) is 0 Å². The van der Waals surface area contributed by atoms with Gasteiger partial charge < -0.3 is 5.32 Å². The van der Waals surface area contributed by atoms with Crippen LogP contribution in [0.1, 0.15) is 19.8 Å². The van der Waals surface area contributed by atoms with Gasteiger partial charge in [-0.15, -0.1) is 11.3 Å². The highest BCUT2D eigenvalue weighted by molar-refractivity contribution is 7.92. The fourth-order valence-corrected chi connectivity index (χ4v) is 4.30. The van der Waals surface area contributed by atoms with Gasteiger partial charge in [0.2, 0.25) is 10.0 Å². The molecule has 0 radical (unpaired) electrons. The number of nitrogens with zero attached hydrogens (tertiary/aromatic N) is 2. The van der Waals surface area contributed by atoms with Gasteiger partial charge in [-0.25, -0.2) is 13.4 Å². The van der Waals surface area contributed by atoms with Crippen molar-refractivity contribution in [1.29, 1.82) is 0 Å². The minimum atomic E-state index is -3.28. The Bertz CT molecular complexity index is 939. The van der Waals surface area contributed by atoms with E-state index in [0.717, 1.165) is 28.5 Å². The molecule has 1 aromatic carbocycles. The van der Waals surface area contributed by atoms with Crippen molar-refractivity contribution in [3.05, 3.63) is 54.2 Å². The minimum Gasteiger partial charge on any atom is -0.332 e. The predicted molar refractivity (Wildman–Crippen MR) is 107 cm³/mol. The van der Waals surface area contributed by atoms with Crippen LogP contribution in [-0.4, -0.2) is 24.1 Å². The number of rotatable bonds is 8. The van der Waals surface area contributed by atoms with Crippen LogP contribution in [0.2, 0.25) is 0 Å². The maximum Gasteiger partial charge on any atom is 0.232 e. The number of hydrogen-bond donors (Lipinski definition) is 2. The van der Waals surface area contributed by atoms with E-state index in [1.807, 2.05) is 36.6 Å². The molecule has 136 valence electrons. The number of anilines is 3. The van der Waals surface area contributed by atoms with Gasteiger partial charge in [0.25, 0.3) is 0 Å². The number of nitrogens with one attached hydrogen (secondary N) is 2. The number of hydrogen-bond acceptors (Lipinski definition) is 6. The Hall–Kier alpha value is -2.45. The molecule has 0 aliphatic rings. The van der Waals surface area contributed by atoms with Crippen molar-refractivity contribution in [2.45, 2.75) is 19.8 Å². The van der Waals surface area contributed by atoms with E-state index < -0.39 is 10.0 Å². The number of benzene rings is 1. The number of unbranched alkanes of at least 4 members (excludes halogenated alkanes) is 1. The standard InChI is InChI=1S/C18H20N4O2S2/c1-2-3-12-26(23,24)22-16-6-4-15(5-7-16)20-18-21-17(13-25-18)14-8-10-19-11-9-14/h4-11,13,22H,2-3,12H2,1H3,(H,20,21). The molecule has 0 bridgehead atoms. The van der Waals surface area contributed by atoms with Crippen LogP contribution in [-0.2, 0) is 10.0 Å². The summed E-state index contributed by atoms with van der Waals surface area (Å²) >= 11 is 1.51. The minimum absolute atomic E-state index is 0.139. The molecule has 2 heterocycles. The zero-order valence-electron chi connectivity index (χ0n) is 14.3. The molecule has 0 spiro atoms. The fraction of sp³-hybridized carbons (Fsp3) is 0.222. The third kappa shape index (κ3) is 5.03. The Labute approximate surface area is 157 Å². The molecule has 6 nitrogen and oxygen atoms in total. The number of pyridine rings is 1. The highest BCUT2D eigenvalue weighted by atomic mass is 32.2. The van der Waals surface area contributed by atoms with Crippen molar-refractivity contribution in [1.82, 2.24) is 9.97 Å². The first kappa shape index (κ1) is 18.3. The molecular formula is C18H20N4O2S2. The molecule has 0 amide bonds. The Morgan fingerprint density at radius 3 is 2.42 bits per heavy atom. The highest BCUT2D eigenvalue weighted by Gasteiger charge is 2.09. The lowest BCUT2D eigenvalue weighted by atomic mass is 10.2. The van der Waals surface area contributed by atoms with Gasteiger partial charge in [-0.1, -0.05) is 13.3 Å². The van der Waals surface area contributed by atoms with Crippen molar-refractivity contribution >= 4 is 37.9 Å². The second kappa shape index (κ2) is 8.29. The van der Waals surface area contributed by atoms with Gasteiger partial charge in [-0.2, -0.15) is 0 Å². The van der Waals surface area contributed by atoms with Crippen LogP contribution in [0, 0.1) is 0 Å². The molecule has 2 aromatic heterocycles. The smallest absolute Gasteiger partial charge is 0.232 e. The quantitative estimate of drug-likeness (QED) is 0.594. The molecule has 0 unspecified atom stereocenters. The summed E-state index contributed by atoms with van der Waals surface area (Å²) < 4.78 is 26.5. The van der Waals surface area contributed by atoms with E-state index in [4.69, 9.17) is 0 Å². The van der Waals surface area contributed by atoms with Crippen molar-refractivity contribution in [3.8, 4) is 11.3 Å². The monoisotopic (exact) mass is 388 g/mol. The van der Waals surface area contributed by atoms with Crippen molar-refractivity contribution in [3.63, 3.8) is 0 Å². The van der Waals surface area contributed by atoms with E-state index in [2.05, 4.69) is 20.0 Å². The van der Waals surface area contributed by atoms with Crippen molar-refractivity contribution in [2.75, 3.05) is 15.8 Å². The van der Waals surface area contributed by atoms with Gasteiger partial charge in [-0.3, -0.25) is 9.71 Å². The van der Waals surface area contributed by atoms with Crippen LogP contribution < -0.4 is 10.0 Å². The van der Waals surface area contributed by atoms with Crippen LogP contribution in [0.25, 0.3) is 11.3 Å². The zero-order valence-corrected chi connectivity index (χ0v) is 16.0. The maximum atomic E-state index is 11.9. The molecule has 0 fully saturated rings. The van der Waals surface area contributed by atoms with Gasteiger partial charge in [-0.05, 0) is 42.8 Å². The lowest BCUT2D eigenvalue weighted by Gasteiger charge is -2.08. The van der Waals surface area contributed by atoms with Gasteiger partial charge in [0, 0.05) is 34.7 Å². The van der Waals surface area contributed by atoms with Crippen LogP contribution in [0.5, 0.6) is 0 Å². The topological polar surface area (TPSA) is 84.0 Å². The van der Waals surface area contributed by atoms with E-state index in [9.17, 15) is 8.42 Å². The van der Waals surface area contributed by atoms with Crippen LogP contribution in [0.15, 0.2) is 54.2 Å².